The van der Waals surface area contributed by atoms with Crippen molar-refractivity contribution in [1.82, 2.24) is 5.32 Å². The van der Waals surface area contributed by atoms with Gasteiger partial charge in [-0.25, -0.2) is 0 Å². The molecule has 1 aromatic rings. The Bertz CT molecular complexity index is 620. The van der Waals surface area contributed by atoms with Crippen molar-refractivity contribution in [1.29, 1.82) is 0 Å². The highest BCUT2D eigenvalue weighted by atomic mass is 16.2. The van der Waals surface area contributed by atoms with Crippen LogP contribution in [-0.4, -0.2) is 38.0 Å². The monoisotopic (exact) mass is 358 g/mol. The molecule has 0 saturated carbocycles. The summed E-state index contributed by atoms with van der Waals surface area (Å²) < 4.78 is 0. The van der Waals surface area contributed by atoms with E-state index in [2.05, 4.69) is 15.5 Å². The van der Waals surface area contributed by atoms with Crippen LogP contribution in [0.1, 0.15) is 38.5 Å². The van der Waals surface area contributed by atoms with Crippen LogP contribution in [0.5, 0.6) is 0 Å². The molecule has 26 heavy (non-hydrogen) atoms. The molecule has 0 atom stereocenters. The first kappa shape index (κ1) is 18.7. The highest BCUT2D eigenvalue weighted by Gasteiger charge is 2.24. The largest absolute Gasteiger partial charge is 0.370 e. The molecule has 6 nitrogen and oxygen atoms in total. The molecule has 0 aromatic heterocycles. The van der Waals surface area contributed by atoms with Crippen LogP contribution in [0.15, 0.2) is 24.3 Å². The summed E-state index contributed by atoms with van der Waals surface area (Å²) in [7, 11) is 0. The maximum absolute atomic E-state index is 12.4. The zero-order valence-corrected chi connectivity index (χ0v) is 15.4. The maximum atomic E-state index is 12.4. The molecule has 142 valence electrons. The van der Waals surface area contributed by atoms with Crippen LogP contribution in [0.4, 0.5) is 11.4 Å². The molecule has 2 heterocycles. The smallest absolute Gasteiger partial charge is 0.224 e. The lowest BCUT2D eigenvalue weighted by Crippen LogP contribution is -2.38. The summed E-state index contributed by atoms with van der Waals surface area (Å²) in [6, 6.07) is 7.92. The number of carbonyl (C=O) groups excluding carboxylic acids is 2. The van der Waals surface area contributed by atoms with Gasteiger partial charge in [-0.1, -0.05) is 12.1 Å². The van der Waals surface area contributed by atoms with E-state index in [1.54, 1.807) is 0 Å². The Balaban J connectivity index is 1.55. The number of nitrogens with zero attached hydrogens (tertiary/aromatic N) is 1. The van der Waals surface area contributed by atoms with E-state index in [0.29, 0.717) is 12.3 Å². The Morgan fingerprint density at radius 1 is 1.12 bits per heavy atom. The number of primary amides is 1. The number of hydrogen-bond donors (Lipinski definition) is 3. The Labute approximate surface area is 155 Å². The first-order valence-electron chi connectivity index (χ1n) is 9.77. The van der Waals surface area contributed by atoms with Gasteiger partial charge in [-0.3, -0.25) is 9.59 Å². The number of nitrogens with two attached hydrogens (primary N) is 1. The van der Waals surface area contributed by atoms with E-state index in [1.165, 1.54) is 12.8 Å². The van der Waals surface area contributed by atoms with Gasteiger partial charge >= 0.3 is 0 Å². The summed E-state index contributed by atoms with van der Waals surface area (Å²) in [5.74, 6) is 0.509. The van der Waals surface area contributed by atoms with E-state index >= 15 is 0 Å². The number of anilines is 2. The average molecular weight is 358 g/mol. The summed E-state index contributed by atoms with van der Waals surface area (Å²) in [4.78, 5) is 26.0. The SMILES string of the molecule is NC(=O)C1CCN(c2ccccc2NC(=O)CCC2CCNCC2)CC1. The Morgan fingerprint density at radius 3 is 2.50 bits per heavy atom. The summed E-state index contributed by atoms with van der Waals surface area (Å²) >= 11 is 0. The number of carbonyl (C=O) groups is 2. The second-order valence-corrected chi connectivity index (χ2v) is 7.46. The second kappa shape index (κ2) is 9.03. The average Bonchev–Trinajstić information content (AvgIpc) is 2.68. The molecule has 2 fully saturated rings. The molecule has 2 aliphatic rings. The standard InChI is InChI=1S/C20H30N4O2/c21-20(26)16-9-13-24(14-10-16)18-4-2-1-3-17(18)23-19(25)6-5-15-7-11-22-12-8-15/h1-4,15-16,22H,5-14H2,(H2,21,26)(H,23,25). The van der Waals surface area contributed by atoms with Crippen molar-refractivity contribution in [3.8, 4) is 0 Å². The first-order valence-corrected chi connectivity index (χ1v) is 9.77. The molecule has 2 amide bonds. The van der Waals surface area contributed by atoms with E-state index in [4.69, 9.17) is 5.73 Å². The van der Waals surface area contributed by atoms with Crippen molar-refractivity contribution in [2.75, 3.05) is 36.4 Å². The molecule has 6 heteroatoms. The molecule has 0 bridgehead atoms. The summed E-state index contributed by atoms with van der Waals surface area (Å²) in [6.45, 7) is 3.71. The topological polar surface area (TPSA) is 87.5 Å². The highest BCUT2D eigenvalue weighted by Crippen LogP contribution is 2.30. The fraction of sp³-hybridized carbons (Fsp3) is 0.600. The normalized spacial score (nSPS) is 19.3. The molecular weight excluding hydrogens is 328 g/mol. The minimum atomic E-state index is -0.204. The van der Waals surface area contributed by atoms with Crippen LogP contribution >= 0.6 is 0 Å². The third-order valence-electron chi connectivity index (χ3n) is 5.65. The second-order valence-electron chi connectivity index (χ2n) is 7.46. The number of nitrogens with one attached hydrogen (secondary N) is 2. The van der Waals surface area contributed by atoms with Crippen molar-refractivity contribution in [2.24, 2.45) is 17.6 Å². The van der Waals surface area contributed by atoms with Crippen LogP contribution in [0, 0.1) is 11.8 Å². The van der Waals surface area contributed by atoms with Gasteiger partial charge in [-0.15, -0.1) is 0 Å². The van der Waals surface area contributed by atoms with Gasteiger partial charge in [0.15, 0.2) is 0 Å². The van der Waals surface area contributed by atoms with Crippen molar-refractivity contribution in [2.45, 2.75) is 38.5 Å². The fourth-order valence-corrected chi connectivity index (χ4v) is 3.98. The van der Waals surface area contributed by atoms with E-state index in [9.17, 15) is 9.59 Å². The van der Waals surface area contributed by atoms with Gasteiger partial charge in [0.05, 0.1) is 11.4 Å². The van der Waals surface area contributed by atoms with Crippen LogP contribution in [0.25, 0.3) is 0 Å². The van der Waals surface area contributed by atoms with E-state index < -0.39 is 0 Å². The zero-order chi connectivity index (χ0) is 18.4. The molecule has 0 radical (unpaired) electrons. The minimum Gasteiger partial charge on any atom is -0.370 e. The number of para-hydroxylation sites is 2. The Hall–Kier alpha value is -2.08. The minimum absolute atomic E-state index is 0.0296. The Morgan fingerprint density at radius 2 is 1.81 bits per heavy atom. The van der Waals surface area contributed by atoms with Gasteiger partial charge in [-0.2, -0.15) is 0 Å². The van der Waals surface area contributed by atoms with E-state index in [0.717, 1.165) is 56.8 Å². The molecule has 1 aromatic carbocycles. The lowest BCUT2D eigenvalue weighted by molar-refractivity contribution is -0.122. The van der Waals surface area contributed by atoms with Gasteiger partial charge in [-0.05, 0) is 63.2 Å². The van der Waals surface area contributed by atoms with Crippen molar-refractivity contribution >= 4 is 23.2 Å². The van der Waals surface area contributed by atoms with Gasteiger partial charge < -0.3 is 21.3 Å². The third kappa shape index (κ3) is 4.97. The van der Waals surface area contributed by atoms with Crippen molar-refractivity contribution < 1.29 is 9.59 Å². The van der Waals surface area contributed by atoms with Crippen LogP contribution in [-0.2, 0) is 9.59 Å². The molecule has 4 N–H and O–H groups in total. The maximum Gasteiger partial charge on any atom is 0.224 e. The van der Waals surface area contributed by atoms with Crippen LogP contribution < -0.4 is 21.3 Å². The van der Waals surface area contributed by atoms with E-state index in [-0.39, 0.29) is 17.7 Å². The molecule has 2 saturated heterocycles. The van der Waals surface area contributed by atoms with E-state index in [1.807, 2.05) is 24.3 Å². The fourth-order valence-electron chi connectivity index (χ4n) is 3.98. The van der Waals surface area contributed by atoms with Gasteiger partial charge in [0, 0.05) is 25.4 Å². The number of rotatable bonds is 6. The third-order valence-corrected chi connectivity index (χ3v) is 5.65. The molecule has 3 rings (SSSR count). The van der Waals surface area contributed by atoms with Crippen molar-refractivity contribution in [3.63, 3.8) is 0 Å². The lowest BCUT2D eigenvalue weighted by atomic mass is 9.93. The van der Waals surface area contributed by atoms with Crippen LogP contribution in [0.3, 0.4) is 0 Å². The number of piperidine rings is 2. The van der Waals surface area contributed by atoms with Gasteiger partial charge in [0.2, 0.25) is 11.8 Å². The molecule has 0 unspecified atom stereocenters. The Kier molecular flexibility index (Phi) is 6.50. The number of benzene rings is 1. The summed E-state index contributed by atoms with van der Waals surface area (Å²) in [5.41, 5.74) is 7.32. The predicted molar refractivity (Wildman–Crippen MR) is 104 cm³/mol. The molecule has 0 spiro atoms. The molecular formula is C20H30N4O2. The summed E-state index contributed by atoms with van der Waals surface area (Å²) in [5, 5.41) is 6.45. The number of amides is 2. The van der Waals surface area contributed by atoms with Gasteiger partial charge in [0.1, 0.15) is 0 Å². The molecule has 0 aliphatic carbocycles. The van der Waals surface area contributed by atoms with Gasteiger partial charge in [0.25, 0.3) is 0 Å². The zero-order valence-electron chi connectivity index (χ0n) is 15.4. The predicted octanol–water partition coefficient (Wildman–Crippen LogP) is 2.11. The quantitative estimate of drug-likeness (QED) is 0.727. The molecule has 2 aliphatic heterocycles. The number of hydrogen-bond acceptors (Lipinski definition) is 4. The lowest BCUT2D eigenvalue weighted by Gasteiger charge is -2.33. The van der Waals surface area contributed by atoms with Crippen molar-refractivity contribution in [3.05, 3.63) is 24.3 Å². The summed E-state index contributed by atoms with van der Waals surface area (Å²) in [6.07, 6.45) is 5.40. The first-order chi connectivity index (χ1) is 12.6. The highest BCUT2D eigenvalue weighted by molar-refractivity contribution is 5.94. The van der Waals surface area contributed by atoms with Crippen LogP contribution in [0.2, 0.25) is 0 Å².